The third kappa shape index (κ3) is 2.35. The van der Waals surface area contributed by atoms with Gasteiger partial charge < -0.3 is 0 Å². The maximum atomic E-state index is 12.3. The van der Waals surface area contributed by atoms with Gasteiger partial charge in [0.05, 0.1) is 5.52 Å². The summed E-state index contributed by atoms with van der Waals surface area (Å²) in [5.74, 6) is -0.117. The summed E-state index contributed by atoms with van der Waals surface area (Å²) < 4.78 is 0. The smallest absolute Gasteiger partial charge is 0.211 e. The van der Waals surface area contributed by atoms with Gasteiger partial charge in [-0.2, -0.15) is 0 Å². The van der Waals surface area contributed by atoms with E-state index >= 15 is 0 Å². The van der Waals surface area contributed by atoms with Crippen LogP contribution in [0.25, 0.3) is 10.9 Å². The van der Waals surface area contributed by atoms with Crippen molar-refractivity contribution in [1.82, 2.24) is 4.98 Å². The summed E-state index contributed by atoms with van der Waals surface area (Å²) in [6.07, 6.45) is 0. The van der Waals surface area contributed by atoms with Crippen LogP contribution in [0.3, 0.4) is 0 Å². The van der Waals surface area contributed by atoms with E-state index in [-0.39, 0.29) is 5.78 Å². The monoisotopic (exact) mass is 267 g/mol. The van der Waals surface area contributed by atoms with E-state index in [1.54, 1.807) is 30.3 Å². The molecule has 0 radical (unpaired) electrons. The highest BCUT2D eigenvalue weighted by Crippen LogP contribution is 2.17. The summed E-state index contributed by atoms with van der Waals surface area (Å²) in [6, 6.07) is 18.3. The van der Waals surface area contributed by atoms with Crippen LogP contribution in [-0.4, -0.2) is 10.8 Å². The van der Waals surface area contributed by atoms with E-state index in [1.807, 2.05) is 30.3 Å². The van der Waals surface area contributed by atoms with Crippen molar-refractivity contribution in [2.24, 2.45) is 0 Å². The number of hydrogen-bond acceptors (Lipinski definition) is 2. The van der Waals surface area contributed by atoms with E-state index in [4.69, 9.17) is 11.6 Å². The molecule has 0 saturated carbocycles. The molecule has 0 fully saturated rings. The average molecular weight is 268 g/mol. The normalized spacial score (nSPS) is 10.6. The molecule has 0 atom stereocenters. The molecule has 19 heavy (non-hydrogen) atoms. The highest BCUT2D eigenvalue weighted by atomic mass is 35.5. The zero-order chi connectivity index (χ0) is 13.2. The first-order valence-corrected chi connectivity index (χ1v) is 6.28. The van der Waals surface area contributed by atoms with Crippen molar-refractivity contribution >= 4 is 28.3 Å². The fourth-order valence-corrected chi connectivity index (χ4v) is 2.16. The van der Waals surface area contributed by atoms with Gasteiger partial charge in [-0.1, -0.05) is 48.0 Å². The second-order valence-electron chi connectivity index (χ2n) is 4.23. The highest BCUT2D eigenvalue weighted by Gasteiger charge is 2.11. The molecule has 92 valence electrons. The standard InChI is InChI=1S/C16H10ClNO/c17-13-6-3-5-12(10-13)16(19)15-9-8-11-4-1-2-7-14(11)18-15/h1-10H. The SMILES string of the molecule is O=C(c1cccc(Cl)c1)c1ccc2ccccc2n1. The Bertz CT molecular complexity index is 767. The highest BCUT2D eigenvalue weighted by molar-refractivity contribution is 6.31. The number of ketones is 1. The lowest BCUT2D eigenvalue weighted by atomic mass is 10.1. The predicted octanol–water partition coefficient (Wildman–Crippen LogP) is 4.12. The molecule has 0 aliphatic carbocycles. The fourth-order valence-electron chi connectivity index (χ4n) is 1.97. The van der Waals surface area contributed by atoms with Gasteiger partial charge in [0.2, 0.25) is 5.78 Å². The van der Waals surface area contributed by atoms with Gasteiger partial charge in [-0.15, -0.1) is 0 Å². The van der Waals surface area contributed by atoms with Crippen LogP contribution in [0.15, 0.2) is 60.7 Å². The molecule has 3 heteroatoms. The van der Waals surface area contributed by atoms with E-state index in [0.717, 1.165) is 10.9 Å². The molecule has 3 aromatic rings. The molecule has 2 aromatic carbocycles. The third-order valence-electron chi connectivity index (χ3n) is 2.92. The Hall–Kier alpha value is -2.19. The lowest BCUT2D eigenvalue weighted by molar-refractivity contribution is 0.103. The summed E-state index contributed by atoms with van der Waals surface area (Å²) in [5, 5.41) is 1.57. The van der Waals surface area contributed by atoms with Crippen LogP contribution < -0.4 is 0 Å². The number of aromatic nitrogens is 1. The van der Waals surface area contributed by atoms with Crippen molar-refractivity contribution in [3.63, 3.8) is 0 Å². The van der Waals surface area contributed by atoms with Crippen LogP contribution in [-0.2, 0) is 0 Å². The van der Waals surface area contributed by atoms with Crippen molar-refractivity contribution in [2.45, 2.75) is 0 Å². The molecular formula is C16H10ClNO. The minimum absolute atomic E-state index is 0.117. The zero-order valence-electron chi connectivity index (χ0n) is 10.0. The molecule has 1 heterocycles. The summed E-state index contributed by atoms with van der Waals surface area (Å²) in [4.78, 5) is 16.7. The molecular weight excluding hydrogens is 258 g/mol. The number of pyridine rings is 1. The number of fused-ring (bicyclic) bond motifs is 1. The summed E-state index contributed by atoms with van der Waals surface area (Å²) in [5.41, 5.74) is 1.80. The van der Waals surface area contributed by atoms with E-state index in [2.05, 4.69) is 4.98 Å². The van der Waals surface area contributed by atoms with Gasteiger partial charge in [-0.05, 0) is 24.3 Å². The Morgan fingerprint density at radius 3 is 2.63 bits per heavy atom. The lowest BCUT2D eigenvalue weighted by Crippen LogP contribution is -2.03. The van der Waals surface area contributed by atoms with E-state index in [0.29, 0.717) is 16.3 Å². The molecule has 0 aliphatic rings. The quantitative estimate of drug-likeness (QED) is 0.654. The van der Waals surface area contributed by atoms with Crippen LogP contribution in [0.2, 0.25) is 5.02 Å². The number of hydrogen-bond donors (Lipinski definition) is 0. The van der Waals surface area contributed by atoms with Crippen molar-refractivity contribution in [3.8, 4) is 0 Å². The summed E-state index contributed by atoms with van der Waals surface area (Å²) >= 11 is 5.90. The number of rotatable bonds is 2. The molecule has 0 bridgehead atoms. The Morgan fingerprint density at radius 2 is 1.79 bits per heavy atom. The van der Waals surface area contributed by atoms with Crippen LogP contribution in [0.5, 0.6) is 0 Å². The van der Waals surface area contributed by atoms with Crippen molar-refractivity contribution in [3.05, 3.63) is 76.9 Å². The summed E-state index contributed by atoms with van der Waals surface area (Å²) in [6.45, 7) is 0. The number of para-hydroxylation sites is 1. The molecule has 0 unspecified atom stereocenters. The number of nitrogens with zero attached hydrogens (tertiary/aromatic N) is 1. The first-order chi connectivity index (χ1) is 9.24. The van der Waals surface area contributed by atoms with Crippen molar-refractivity contribution in [1.29, 1.82) is 0 Å². The molecule has 2 nitrogen and oxygen atoms in total. The second kappa shape index (κ2) is 4.82. The molecule has 0 N–H and O–H groups in total. The number of carbonyl (C=O) groups excluding carboxylic acids is 1. The minimum atomic E-state index is -0.117. The van der Waals surface area contributed by atoms with Gasteiger partial charge >= 0.3 is 0 Å². The molecule has 1 aromatic heterocycles. The molecule has 0 aliphatic heterocycles. The Morgan fingerprint density at radius 1 is 0.947 bits per heavy atom. The van der Waals surface area contributed by atoms with Gasteiger partial charge in [-0.25, -0.2) is 4.98 Å². The molecule has 3 rings (SSSR count). The van der Waals surface area contributed by atoms with E-state index < -0.39 is 0 Å². The van der Waals surface area contributed by atoms with Crippen LogP contribution in [0, 0.1) is 0 Å². The first kappa shape index (κ1) is 11.9. The minimum Gasteiger partial charge on any atom is -0.287 e. The number of halogens is 1. The average Bonchev–Trinajstić information content (AvgIpc) is 2.46. The maximum absolute atomic E-state index is 12.3. The Kier molecular flexibility index (Phi) is 3.02. The van der Waals surface area contributed by atoms with Gasteiger partial charge in [0.25, 0.3) is 0 Å². The fraction of sp³-hybridized carbons (Fsp3) is 0. The van der Waals surface area contributed by atoms with Gasteiger partial charge in [0, 0.05) is 16.0 Å². The van der Waals surface area contributed by atoms with Crippen molar-refractivity contribution in [2.75, 3.05) is 0 Å². The van der Waals surface area contributed by atoms with E-state index in [9.17, 15) is 4.79 Å². The zero-order valence-corrected chi connectivity index (χ0v) is 10.8. The Labute approximate surface area is 115 Å². The van der Waals surface area contributed by atoms with Crippen LogP contribution in [0.1, 0.15) is 16.1 Å². The first-order valence-electron chi connectivity index (χ1n) is 5.90. The van der Waals surface area contributed by atoms with Crippen molar-refractivity contribution < 1.29 is 4.79 Å². The molecule has 0 saturated heterocycles. The van der Waals surface area contributed by atoms with Gasteiger partial charge in [0.1, 0.15) is 5.69 Å². The largest absolute Gasteiger partial charge is 0.287 e. The maximum Gasteiger partial charge on any atom is 0.211 e. The van der Waals surface area contributed by atoms with Gasteiger partial charge in [0.15, 0.2) is 0 Å². The summed E-state index contributed by atoms with van der Waals surface area (Å²) in [7, 11) is 0. The topological polar surface area (TPSA) is 30.0 Å². The van der Waals surface area contributed by atoms with Gasteiger partial charge in [-0.3, -0.25) is 4.79 Å². The lowest BCUT2D eigenvalue weighted by Gasteiger charge is -2.03. The van der Waals surface area contributed by atoms with Crippen LogP contribution in [0.4, 0.5) is 0 Å². The molecule has 0 amide bonds. The van der Waals surface area contributed by atoms with E-state index in [1.165, 1.54) is 0 Å². The Balaban J connectivity index is 2.06. The number of benzene rings is 2. The number of carbonyl (C=O) groups is 1. The predicted molar refractivity (Wildman–Crippen MR) is 76.6 cm³/mol. The molecule has 0 spiro atoms. The third-order valence-corrected chi connectivity index (χ3v) is 3.15. The second-order valence-corrected chi connectivity index (χ2v) is 4.67. The van der Waals surface area contributed by atoms with Crippen LogP contribution >= 0.6 is 11.6 Å².